The minimum absolute atomic E-state index is 0.118. The molecule has 0 saturated carbocycles. The number of hydrogen-bond donors (Lipinski definition) is 2. The number of fused-ring (bicyclic) bond motifs is 2. The Balaban J connectivity index is 1.23. The van der Waals surface area contributed by atoms with Gasteiger partial charge in [-0.2, -0.15) is 9.97 Å². The summed E-state index contributed by atoms with van der Waals surface area (Å²) in [5, 5.41) is 22.7. The number of nitrogens with zero attached hydrogens (tertiary/aromatic N) is 6. The zero-order chi connectivity index (χ0) is 29.2. The Morgan fingerprint density at radius 2 is 1.79 bits per heavy atom. The van der Waals surface area contributed by atoms with Gasteiger partial charge in [0, 0.05) is 75.1 Å². The summed E-state index contributed by atoms with van der Waals surface area (Å²) >= 11 is 0. The predicted molar refractivity (Wildman–Crippen MR) is 159 cm³/mol. The van der Waals surface area contributed by atoms with E-state index < -0.39 is 18.6 Å². The Bertz CT molecular complexity index is 1410. The van der Waals surface area contributed by atoms with Gasteiger partial charge in [-0.25, -0.2) is 8.78 Å². The van der Waals surface area contributed by atoms with Gasteiger partial charge in [-0.1, -0.05) is 30.8 Å². The van der Waals surface area contributed by atoms with Crippen molar-refractivity contribution >= 4 is 22.3 Å². The van der Waals surface area contributed by atoms with Crippen LogP contribution in [0.2, 0.25) is 0 Å². The first kappa shape index (κ1) is 28.6. The van der Waals surface area contributed by atoms with Gasteiger partial charge in [0.2, 0.25) is 0 Å². The van der Waals surface area contributed by atoms with Crippen molar-refractivity contribution in [2.75, 3.05) is 68.8 Å². The fraction of sp³-hybridized carbons (Fsp3) is 0.484. The molecule has 0 bridgehead atoms. The Labute approximate surface area is 244 Å². The molecular weight excluding hydrogens is 542 g/mol. The maximum atomic E-state index is 13.6. The highest BCUT2D eigenvalue weighted by Crippen LogP contribution is 2.36. The molecule has 1 unspecified atom stereocenters. The molecule has 3 atom stereocenters. The molecular formula is C31H38F2N6O3. The van der Waals surface area contributed by atoms with Crippen LogP contribution < -0.4 is 14.5 Å². The third-order valence-corrected chi connectivity index (χ3v) is 8.49. The molecule has 0 spiro atoms. The van der Waals surface area contributed by atoms with Gasteiger partial charge in [-0.15, -0.1) is 0 Å². The van der Waals surface area contributed by atoms with E-state index in [1.54, 1.807) is 17.0 Å². The van der Waals surface area contributed by atoms with Gasteiger partial charge in [0.15, 0.2) is 0 Å². The lowest BCUT2D eigenvalue weighted by atomic mass is 10.0. The van der Waals surface area contributed by atoms with Gasteiger partial charge in [0.1, 0.15) is 30.1 Å². The summed E-state index contributed by atoms with van der Waals surface area (Å²) in [7, 11) is 0. The van der Waals surface area contributed by atoms with E-state index in [0.717, 1.165) is 46.5 Å². The van der Waals surface area contributed by atoms with E-state index in [2.05, 4.69) is 22.4 Å². The maximum Gasteiger partial charge on any atom is 0.318 e. The highest BCUT2D eigenvalue weighted by atomic mass is 19.2. The Hall–Kier alpha value is -3.54. The lowest BCUT2D eigenvalue weighted by molar-refractivity contribution is 0.0379. The number of hydrogen-bond acceptors (Lipinski definition) is 9. The van der Waals surface area contributed by atoms with Gasteiger partial charge >= 0.3 is 6.01 Å². The first-order chi connectivity index (χ1) is 20.4. The quantitative estimate of drug-likeness (QED) is 0.293. The van der Waals surface area contributed by atoms with Crippen LogP contribution in [-0.4, -0.2) is 108 Å². The number of likely N-dealkylation sites (tertiary alicyclic amines) is 1. The van der Waals surface area contributed by atoms with Crippen molar-refractivity contribution in [3.05, 3.63) is 60.3 Å². The van der Waals surface area contributed by atoms with Crippen LogP contribution >= 0.6 is 0 Å². The van der Waals surface area contributed by atoms with E-state index in [-0.39, 0.29) is 24.8 Å². The molecule has 0 aliphatic carbocycles. The lowest BCUT2D eigenvalue weighted by Crippen LogP contribution is -2.50. The molecule has 4 heterocycles. The topological polar surface area (TPSA) is 88.4 Å². The third-order valence-electron chi connectivity index (χ3n) is 8.49. The fourth-order valence-corrected chi connectivity index (χ4v) is 6.24. The smallest absolute Gasteiger partial charge is 0.318 e. The summed E-state index contributed by atoms with van der Waals surface area (Å²) in [4.78, 5) is 17.9. The number of piperazine rings is 1. The number of aliphatic hydroxyl groups excluding tert-OH is 1. The number of phenols is 1. The number of alkyl halides is 2. The SMILES string of the molecule is C=CC(O)N1CCN(c2nc(OCCCN3C[C@@H](F)[C@@H](F)C3)nc3c2CCN(c2cc(O)cc4ccccc24)C3)CC1. The number of phenolic OH excluding ortho intramolecular Hbond substituents is 1. The van der Waals surface area contributed by atoms with Gasteiger partial charge in [0.25, 0.3) is 0 Å². The number of ether oxygens (including phenoxy) is 1. The van der Waals surface area contributed by atoms with E-state index in [0.29, 0.717) is 52.3 Å². The number of rotatable bonds is 9. The maximum absolute atomic E-state index is 13.6. The van der Waals surface area contributed by atoms with Gasteiger partial charge in [-0.3, -0.25) is 9.80 Å². The van der Waals surface area contributed by atoms with E-state index >= 15 is 0 Å². The van der Waals surface area contributed by atoms with Crippen molar-refractivity contribution in [1.29, 1.82) is 0 Å². The summed E-state index contributed by atoms with van der Waals surface area (Å²) in [5.41, 5.74) is 2.91. The van der Waals surface area contributed by atoms with E-state index in [1.165, 1.54) is 6.08 Å². The molecule has 2 fully saturated rings. The second-order valence-corrected chi connectivity index (χ2v) is 11.3. The number of benzene rings is 2. The van der Waals surface area contributed by atoms with Gasteiger partial charge < -0.3 is 24.7 Å². The van der Waals surface area contributed by atoms with Crippen LogP contribution in [-0.2, 0) is 13.0 Å². The number of aromatic nitrogens is 2. The molecule has 2 aromatic carbocycles. The van der Waals surface area contributed by atoms with Crippen molar-refractivity contribution in [2.45, 2.75) is 38.0 Å². The molecule has 6 rings (SSSR count). The van der Waals surface area contributed by atoms with Crippen LogP contribution in [0.3, 0.4) is 0 Å². The van der Waals surface area contributed by atoms with Crippen molar-refractivity contribution in [3.63, 3.8) is 0 Å². The number of halogens is 2. The largest absolute Gasteiger partial charge is 0.508 e. The summed E-state index contributed by atoms with van der Waals surface area (Å²) in [6.07, 6.45) is -0.637. The summed E-state index contributed by atoms with van der Waals surface area (Å²) in [6.45, 7) is 8.83. The molecule has 2 saturated heterocycles. The van der Waals surface area contributed by atoms with E-state index in [1.807, 2.05) is 23.1 Å². The average molecular weight is 581 g/mol. The monoisotopic (exact) mass is 580 g/mol. The molecule has 0 amide bonds. The van der Waals surface area contributed by atoms with Crippen LogP contribution in [0.4, 0.5) is 20.3 Å². The number of anilines is 2. The van der Waals surface area contributed by atoms with Crippen LogP contribution in [0, 0.1) is 0 Å². The van der Waals surface area contributed by atoms with Crippen LogP contribution in [0.25, 0.3) is 10.8 Å². The third kappa shape index (κ3) is 5.99. The molecule has 42 heavy (non-hydrogen) atoms. The predicted octanol–water partition coefficient (Wildman–Crippen LogP) is 3.29. The van der Waals surface area contributed by atoms with E-state index in [4.69, 9.17) is 14.7 Å². The van der Waals surface area contributed by atoms with Crippen LogP contribution in [0.5, 0.6) is 11.8 Å². The molecule has 2 N–H and O–H groups in total. The summed E-state index contributed by atoms with van der Waals surface area (Å²) in [6, 6.07) is 11.9. The van der Waals surface area contributed by atoms with Gasteiger partial charge in [0.05, 0.1) is 18.8 Å². The van der Waals surface area contributed by atoms with Crippen LogP contribution in [0.15, 0.2) is 49.1 Å². The molecule has 11 heteroatoms. The number of aromatic hydroxyl groups is 1. The minimum atomic E-state index is -1.42. The zero-order valence-corrected chi connectivity index (χ0v) is 23.7. The first-order valence-corrected chi connectivity index (χ1v) is 14.7. The highest BCUT2D eigenvalue weighted by Gasteiger charge is 2.32. The van der Waals surface area contributed by atoms with Crippen molar-refractivity contribution < 1.29 is 23.7 Å². The Morgan fingerprint density at radius 3 is 2.55 bits per heavy atom. The fourth-order valence-electron chi connectivity index (χ4n) is 6.24. The zero-order valence-electron chi connectivity index (χ0n) is 23.7. The second-order valence-electron chi connectivity index (χ2n) is 11.3. The molecule has 1 aromatic heterocycles. The Kier molecular flexibility index (Phi) is 8.41. The summed E-state index contributed by atoms with van der Waals surface area (Å²) in [5.74, 6) is 1.07. The molecule has 3 aliphatic rings. The van der Waals surface area contributed by atoms with E-state index in [9.17, 15) is 19.0 Å². The lowest BCUT2D eigenvalue weighted by Gasteiger charge is -2.39. The Morgan fingerprint density at radius 1 is 1.02 bits per heavy atom. The molecule has 0 radical (unpaired) electrons. The minimum Gasteiger partial charge on any atom is -0.508 e. The van der Waals surface area contributed by atoms with Gasteiger partial charge in [-0.05, 0) is 30.4 Å². The molecule has 224 valence electrons. The number of aliphatic hydroxyl groups is 1. The van der Waals surface area contributed by atoms with Crippen LogP contribution in [0.1, 0.15) is 17.7 Å². The second kappa shape index (κ2) is 12.4. The average Bonchev–Trinajstić information content (AvgIpc) is 3.34. The van der Waals surface area contributed by atoms with Crippen molar-refractivity contribution in [2.24, 2.45) is 0 Å². The molecule has 3 aliphatic heterocycles. The summed E-state index contributed by atoms with van der Waals surface area (Å²) < 4.78 is 33.2. The standard InChI is InChI=1S/C31H38F2N6O3/c1-2-29(41)37-11-13-38(14-12-37)30-24-8-10-39(28-17-22(40)16-21-6-3-4-7-23(21)28)20-27(24)34-31(35-30)42-15-5-9-36-18-25(32)26(33)19-36/h2-4,6-7,16-17,25-26,29,40-41H,1,5,8-15,18-20H2/t25-,26+,29?. The molecule has 9 nitrogen and oxygen atoms in total. The van der Waals surface area contributed by atoms with Crippen molar-refractivity contribution in [3.8, 4) is 11.8 Å². The highest BCUT2D eigenvalue weighted by molar-refractivity contribution is 5.95. The van der Waals surface area contributed by atoms with Crippen molar-refractivity contribution in [1.82, 2.24) is 19.8 Å². The first-order valence-electron chi connectivity index (χ1n) is 14.7. The molecule has 3 aromatic rings. The normalized spacial score (nSPS) is 22.4.